The van der Waals surface area contributed by atoms with Crippen LogP contribution in [-0.4, -0.2) is 17.3 Å². The normalized spacial score (nSPS) is 15.3. The van der Waals surface area contributed by atoms with Crippen molar-refractivity contribution in [1.82, 2.24) is 0 Å². The van der Waals surface area contributed by atoms with E-state index in [0.29, 0.717) is 0 Å². The van der Waals surface area contributed by atoms with E-state index in [1.807, 2.05) is 0 Å². The van der Waals surface area contributed by atoms with Gasteiger partial charge in [0.25, 0.3) is 0 Å². The molecule has 0 aromatic rings. The maximum atomic E-state index is 12.1. The van der Waals surface area contributed by atoms with Gasteiger partial charge in [0, 0.05) is 12.8 Å². The van der Waals surface area contributed by atoms with Crippen molar-refractivity contribution in [2.45, 2.75) is 39.8 Å². The highest BCUT2D eigenvalue weighted by Gasteiger charge is 2.38. The first kappa shape index (κ1) is 13.3. The Morgan fingerprint density at radius 3 is 1.93 bits per heavy atom. The molecule has 0 aromatic carbocycles. The number of carbonyl (C=O) groups is 1. The van der Waals surface area contributed by atoms with Gasteiger partial charge in [-0.3, -0.25) is 4.79 Å². The summed E-state index contributed by atoms with van der Waals surface area (Å²) in [6.45, 7) is 4.85. The monoisotopic (exact) mass is 212 g/mol. The molecule has 0 spiro atoms. The number of carboxylic acids is 1. The minimum atomic E-state index is -4.30. The smallest absolute Gasteiger partial charge is 0.389 e. The van der Waals surface area contributed by atoms with Crippen LogP contribution in [0.2, 0.25) is 0 Å². The number of carboxylic acid groups (broad SMARTS) is 1. The van der Waals surface area contributed by atoms with Crippen LogP contribution in [-0.2, 0) is 4.79 Å². The van der Waals surface area contributed by atoms with Gasteiger partial charge >= 0.3 is 12.1 Å². The molecule has 0 heterocycles. The number of alkyl halides is 3. The van der Waals surface area contributed by atoms with Crippen LogP contribution in [0, 0.1) is 11.3 Å². The van der Waals surface area contributed by atoms with Crippen molar-refractivity contribution < 1.29 is 23.1 Å². The van der Waals surface area contributed by atoms with Crippen LogP contribution < -0.4 is 0 Å². The Bertz CT molecular complexity index is 203. The van der Waals surface area contributed by atoms with Crippen LogP contribution in [0.25, 0.3) is 0 Å². The Hall–Kier alpha value is -0.740. The molecule has 1 atom stereocenters. The maximum absolute atomic E-state index is 12.1. The third-order valence-electron chi connectivity index (χ3n) is 2.12. The van der Waals surface area contributed by atoms with E-state index in [4.69, 9.17) is 5.11 Å². The fourth-order valence-electron chi connectivity index (χ4n) is 1.17. The molecule has 0 aromatic heterocycles. The van der Waals surface area contributed by atoms with Crippen LogP contribution in [0.5, 0.6) is 0 Å². The number of hydrogen-bond donors (Lipinski definition) is 1. The van der Waals surface area contributed by atoms with Crippen molar-refractivity contribution in [1.29, 1.82) is 0 Å². The number of hydrogen-bond acceptors (Lipinski definition) is 1. The third-order valence-corrected chi connectivity index (χ3v) is 2.12. The van der Waals surface area contributed by atoms with Gasteiger partial charge in [0.15, 0.2) is 0 Å². The molecular weight excluding hydrogens is 197 g/mol. The average Bonchev–Trinajstić information content (AvgIpc) is 1.78. The Balaban J connectivity index is 4.50. The van der Waals surface area contributed by atoms with Gasteiger partial charge in [-0.15, -0.1) is 0 Å². The molecule has 0 saturated carbocycles. The van der Waals surface area contributed by atoms with Crippen molar-refractivity contribution >= 4 is 5.97 Å². The van der Waals surface area contributed by atoms with E-state index < -0.39 is 36.3 Å². The quantitative estimate of drug-likeness (QED) is 0.780. The first-order valence-corrected chi connectivity index (χ1v) is 4.31. The van der Waals surface area contributed by atoms with E-state index in [9.17, 15) is 18.0 Å². The second-order valence-electron chi connectivity index (χ2n) is 4.48. The maximum Gasteiger partial charge on any atom is 0.389 e. The molecule has 0 aliphatic rings. The summed E-state index contributed by atoms with van der Waals surface area (Å²) in [5.74, 6) is -2.06. The SMILES string of the molecule is CC(C)(C)C(CC(=O)O)CC(F)(F)F. The van der Waals surface area contributed by atoms with E-state index in [0.717, 1.165) is 0 Å². The first-order valence-electron chi connectivity index (χ1n) is 4.31. The molecule has 0 bridgehead atoms. The standard InChI is InChI=1S/C9H15F3O2/c1-8(2,3)6(4-7(13)14)5-9(10,11)12/h6H,4-5H2,1-3H3,(H,13,14). The summed E-state index contributed by atoms with van der Waals surface area (Å²) < 4.78 is 36.3. The molecule has 1 N–H and O–H groups in total. The lowest BCUT2D eigenvalue weighted by atomic mass is 9.77. The van der Waals surface area contributed by atoms with E-state index in [2.05, 4.69) is 0 Å². The van der Waals surface area contributed by atoms with Crippen LogP contribution in [0.1, 0.15) is 33.6 Å². The average molecular weight is 212 g/mol. The van der Waals surface area contributed by atoms with Gasteiger partial charge in [-0.05, 0) is 11.3 Å². The highest BCUT2D eigenvalue weighted by Crippen LogP contribution is 2.37. The van der Waals surface area contributed by atoms with Crippen molar-refractivity contribution in [2.24, 2.45) is 11.3 Å². The predicted molar refractivity (Wildman–Crippen MR) is 45.9 cm³/mol. The molecule has 0 radical (unpaired) electrons. The molecular formula is C9H15F3O2. The molecule has 5 heteroatoms. The zero-order valence-corrected chi connectivity index (χ0v) is 8.48. The van der Waals surface area contributed by atoms with Crippen molar-refractivity contribution in [3.63, 3.8) is 0 Å². The van der Waals surface area contributed by atoms with E-state index >= 15 is 0 Å². The summed E-state index contributed by atoms with van der Waals surface area (Å²) in [5.41, 5.74) is -0.645. The largest absolute Gasteiger partial charge is 0.481 e. The van der Waals surface area contributed by atoms with Crippen LogP contribution in [0.4, 0.5) is 13.2 Å². The van der Waals surface area contributed by atoms with Gasteiger partial charge in [-0.2, -0.15) is 13.2 Å². The van der Waals surface area contributed by atoms with Crippen molar-refractivity contribution in [3.8, 4) is 0 Å². The summed E-state index contributed by atoms with van der Waals surface area (Å²) in [7, 11) is 0. The molecule has 0 rings (SSSR count). The van der Waals surface area contributed by atoms with Gasteiger partial charge in [0.2, 0.25) is 0 Å². The lowest BCUT2D eigenvalue weighted by Gasteiger charge is -2.30. The Morgan fingerprint density at radius 2 is 1.71 bits per heavy atom. The summed E-state index contributed by atoms with van der Waals surface area (Å²) in [5, 5.41) is 8.48. The molecule has 0 saturated heterocycles. The van der Waals surface area contributed by atoms with Crippen molar-refractivity contribution in [2.75, 3.05) is 0 Å². The Kier molecular flexibility index (Phi) is 3.97. The molecule has 0 aliphatic heterocycles. The van der Waals surface area contributed by atoms with Gasteiger partial charge in [0.05, 0.1) is 0 Å². The zero-order valence-electron chi connectivity index (χ0n) is 8.48. The van der Waals surface area contributed by atoms with Crippen LogP contribution in [0.3, 0.4) is 0 Å². The summed E-state index contributed by atoms with van der Waals surface area (Å²) in [4.78, 5) is 10.4. The molecule has 1 unspecified atom stereocenters. The molecule has 0 fully saturated rings. The second kappa shape index (κ2) is 4.19. The predicted octanol–water partition coefficient (Wildman–Crippen LogP) is 3.08. The van der Waals surface area contributed by atoms with E-state index in [1.165, 1.54) is 0 Å². The minimum absolute atomic E-state index is 0.441. The lowest BCUT2D eigenvalue weighted by Crippen LogP contribution is -2.28. The highest BCUT2D eigenvalue weighted by molar-refractivity contribution is 5.67. The fraction of sp³-hybridized carbons (Fsp3) is 0.889. The summed E-state index contributed by atoms with van der Waals surface area (Å²) in [6.07, 6.45) is -5.78. The van der Waals surface area contributed by atoms with Gasteiger partial charge < -0.3 is 5.11 Å². The highest BCUT2D eigenvalue weighted by atomic mass is 19.4. The molecule has 2 nitrogen and oxygen atoms in total. The molecule has 0 amide bonds. The molecule has 84 valence electrons. The number of rotatable bonds is 3. The fourth-order valence-corrected chi connectivity index (χ4v) is 1.17. The zero-order chi connectivity index (χ0) is 11.6. The first-order chi connectivity index (χ1) is 6.02. The number of halogens is 3. The summed E-state index contributed by atoms with van der Waals surface area (Å²) >= 11 is 0. The van der Waals surface area contributed by atoms with Gasteiger partial charge in [-0.1, -0.05) is 20.8 Å². The summed E-state index contributed by atoms with van der Waals surface area (Å²) in [6, 6.07) is 0. The van der Waals surface area contributed by atoms with Crippen LogP contribution in [0.15, 0.2) is 0 Å². The third kappa shape index (κ3) is 5.83. The van der Waals surface area contributed by atoms with E-state index in [1.54, 1.807) is 20.8 Å². The van der Waals surface area contributed by atoms with Crippen LogP contribution >= 0.6 is 0 Å². The van der Waals surface area contributed by atoms with Gasteiger partial charge in [-0.25, -0.2) is 0 Å². The Morgan fingerprint density at radius 1 is 1.29 bits per heavy atom. The molecule has 14 heavy (non-hydrogen) atoms. The van der Waals surface area contributed by atoms with E-state index in [-0.39, 0.29) is 0 Å². The number of aliphatic carboxylic acids is 1. The van der Waals surface area contributed by atoms with Crippen molar-refractivity contribution in [3.05, 3.63) is 0 Å². The topological polar surface area (TPSA) is 37.3 Å². The second-order valence-corrected chi connectivity index (χ2v) is 4.48. The molecule has 0 aliphatic carbocycles. The minimum Gasteiger partial charge on any atom is -0.481 e. The van der Waals surface area contributed by atoms with Gasteiger partial charge in [0.1, 0.15) is 0 Å². The Labute approximate surface area is 81.1 Å². The lowest BCUT2D eigenvalue weighted by molar-refractivity contribution is -0.158.